The molecule has 2 aromatic rings. The molecule has 0 aliphatic carbocycles. The quantitative estimate of drug-likeness (QED) is 0.828. The third kappa shape index (κ3) is 4.91. The molecule has 0 radical (unpaired) electrons. The summed E-state index contributed by atoms with van der Waals surface area (Å²) in [5.41, 5.74) is 1.02. The minimum absolute atomic E-state index is 0.0620. The highest BCUT2D eigenvalue weighted by molar-refractivity contribution is 5.91. The van der Waals surface area contributed by atoms with Gasteiger partial charge in [-0.05, 0) is 24.5 Å². The minimum atomic E-state index is -0.0620. The molecule has 110 valence electrons. The molecule has 2 rings (SSSR count). The number of hydrogen-bond acceptors (Lipinski definition) is 2. The molecule has 4 nitrogen and oxygen atoms in total. The second-order valence-electron chi connectivity index (χ2n) is 5.22. The van der Waals surface area contributed by atoms with Crippen LogP contribution in [0, 0.1) is 12.8 Å². The predicted molar refractivity (Wildman–Crippen MR) is 84.6 cm³/mol. The van der Waals surface area contributed by atoms with Gasteiger partial charge in [0.1, 0.15) is 5.82 Å². The van der Waals surface area contributed by atoms with Gasteiger partial charge in [-0.3, -0.25) is 4.79 Å². The van der Waals surface area contributed by atoms with Crippen LogP contribution in [0.15, 0.2) is 48.8 Å². The topological polar surface area (TPSA) is 46.9 Å². The van der Waals surface area contributed by atoms with Crippen LogP contribution in [0.1, 0.15) is 18.3 Å². The third-order valence-electron chi connectivity index (χ3n) is 3.28. The maximum atomic E-state index is 11.8. The molecule has 0 bridgehead atoms. The molecule has 1 amide bonds. The molecule has 0 saturated carbocycles. The first kappa shape index (κ1) is 15.0. The Balaban J connectivity index is 1.76. The van der Waals surface area contributed by atoms with E-state index in [0.717, 1.165) is 17.9 Å². The first-order valence-electron chi connectivity index (χ1n) is 7.14. The van der Waals surface area contributed by atoms with Crippen LogP contribution in [0.3, 0.4) is 0 Å². The molecule has 1 unspecified atom stereocenters. The molecule has 0 aliphatic heterocycles. The van der Waals surface area contributed by atoms with E-state index in [1.807, 2.05) is 49.5 Å². The smallest absolute Gasteiger partial charge is 0.244 e. The zero-order chi connectivity index (χ0) is 15.1. The van der Waals surface area contributed by atoms with Gasteiger partial charge in [-0.2, -0.15) is 0 Å². The van der Waals surface area contributed by atoms with Gasteiger partial charge in [-0.25, -0.2) is 4.98 Å². The normalized spacial score (nSPS) is 12.5. The van der Waals surface area contributed by atoms with Crippen LogP contribution in [-0.4, -0.2) is 22.0 Å². The van der Waals surface area contributed by atoms with Gasteiger partial charge in [0.15, 0.2) is 0 Å². The molecule has 0 fully saturated rings. The van der Waals surface area contributed by atoms with Gasteiger partial charge in [0.05, 0.1) is 0 Å². The van der Waals surface area contributed by atoms with Crippen molar-refractivity contribution < 1.29 is 4.79 Å². The second kappa shape index (κ2) is 7.43. The highest BCUT2D eigenvalue weighted by Crippen LogP contribution is 2.03. The van der Waals surface area contributed by atoms with Crippen molar-refractivity contribution in [2.75, 3.05) is 6.54 Å². The van der Waals surface area contributed by atoms with Crippen molar-refractivity contribution in [1.82, 2.24) is 14.9 Å². The summed E-state index contributed by atoms with van der Waals surface area (Å²) in [6.45, 7) is 5.60. The van der Waals surface area contributed by atoms with Crippen LogP contribution in [0.5, 0.6) is 0 Å². The number of hydrogen-bond donors (Lipinski definition) is 1. The lowest BCUT2D eigenvalue weighted by Crippen LogP contribution is -2.28. The number of aromatic nitrogens is 2. The lowest BCUT2D eigenvalue weighted by atomic mass is 10.1. The standard InChI is InChI=1S/C17H21N3O/c1-14(13-20-11-10-18-15(20)2)12-19-17(21)9-8-16-6-4-3-5-7-16/h3-11,14H,12-13H2,1-2H3,(H,19,21)/b9-8+. The van der Waals surface area contributed by atoms with E-state index in [2.05, 4.69) is 21.8 Å². The fourth-order valence-electron chi connectivity index (χ4n) is 2.07. The van der Waals surface area contributed by atoms with Crippen molar-refractivity contribution in [3.8, 4) is 0 Å². The van der Waals surface area contributed by atoms with E-state index in [1.54, 1.807) is 12.3 Å². The number of imidazole rings is 1. The molecule has 1 atom stereocenters. The summed E-state index contributed by atoms with van der Waals surface area (Å²) in [5, 5.41) is 2.93. The monoisotopic (exact) mass is 283 g/mol. The Morgan fingerprint density at radius 2 is 2.14 bits per heavy atom. The first-order valence-corrected chi connectivity index (χ1v) is 7.14. The van der Waals surface area contributed by atoms with Crippen LogP contribution in [0.4, 0.5) is 0 Å². The zero-order valence-electron chi connectivity index (χ0n) is 12.5. The molecule has 0 aliphatic rings. The lowest BCUT2D eigenvalue weighted by molar-refractivity contribution is -0.116. The van der Waals surface area contributed by atoms with Crippen LogP contribution < -0.4 is 5.32 Å². The summed E-state index contributed by atoms with van der Waals surface area (Å²) in [7, 11) is 0. The highest BCUT2D eigenvalue weighted by Gasteiger charge is 2.06. The molecule has 0 saturated heterocycles. The van der Waals surface area contributed by atoms with Crippen molar-refractivity contribution in [2.24, 2.45) is 5.92 Å². The summed E-state index contributed by atoms with van der Waals surface area (Å²) in [4.78, 5) is 16.0. The van der Waals surface area contributed by atoms with E-state index in [1.165, 1.54) is 0 Å². The molecule has 4 heteroatoms. The summed E-state index contributed by atoms with van der Waals surface area (Å²) in [5.74, 6) is 1.29. The van der Waals surface area contributed by atoms with E-state index >= 15 is 0 Å². The van der Waals surface area contributed by atoms with Crippen molar-refractivity contribution in [1.29, 1.82) is 0 Å². The molecule has 0 spiro atoms. The fourth-order valence-corrected chi connectivity index (χ4v) is 2.07. The van der Waals surface area contributed by atoms with Gasteiger partial charge in [0.25, 0.3) is 0 Å². The van der Waals surface area contributed by atoms with Crippen LogP contribution in [-0.2, 0) is 11.3 Å². The first-order chi connectivity index (χ1) is 10.1. The summed E-state index contributed by atoms with van der Waals surface area (Å²) >= 11 is 0. The Morgan fingerprint density at radius 1 is 1.38 bits per heavy atom. The number of carbonyl (C=O) groups is 1. The number of benzene rings is 1. The molecule has 1 heterocycles. The maximum absolute atomic E-state index is 11.8. The average Bonchev–Trinajstić information content (AvgIpc) is 2.89. The van der Waals surface area contributed by atoms with Crippen molar-refractivity contribution in [3.05, 3.63) is 60.2 Å². The Morgan fingerprint density at radius 3 is 2.81 bits per heavy atom. The van der Waals surface area contributed by atoms with Gasteiger partial charge >= 0.3 is 0 Å². The number of aryl methyl sites for hydroxylation is 1. The van der Waals surface area contributed by atoms with Gasteiger partial charge in [0, 0.05) is 31.6 Å². The van der Waals surface area contributed by atoms with E-state index in [9.17, 15) is 4.79 Å². The largest absolute Gasteiger partial charge is 0.352 e. The maximum Gasteiger partial charge on any atom is 0.244 e. The van der Waals surface area contributed by atoms with E-state index in [-0.39, 0.29) is 5.91 Å². The second-order valence-corrected chi connectivity index (χ2v) is 5.22. The number of rotatable bonds is 6. The molecular formula is C17H21N3O. The molecule has 21 heavy (non-hydrogen) atoms. The SMILES string of the molecule is Cc1nccn1CC(C)CNC(=O)/C=C/c1ccccc1. The van der Waals surface area contributed by atoms with Crippen molar-refractivity contribution >= 4 is 12.0 Å². The summed E-state index contributed by atoms with van der Waals surface area (Å²) < 4.78 is 2.09. The van der Waals surface area contributed by atoms with Gasteiger partial charge in [-0.15, -0.1) is 0 Å². The van der Waals surface area contributed by atoms with Crippen LogP contribution in [0.25, 0.3) is 6.08 Å². The Bertz CT molecular complexity index is 602. The third-order valence-corrected chi connectivity index (χ3v) is 3.28. The fraction of sp³-hybridized carbons (Fsp3) is 0.294. The molecule has 1 N–H and O–H groups in total. The van der Waals surface area contributed by atoms with Gasteiger partial charge in [-0.1, -0.05) is 37.3 Å². The number of nitrogens with one attached hydrogen (secondary N) is 1. The van der Waals surface area contributed by atoms with Crippen molar-refractivity contribution in [2.45, 2.75) is 20.4 Å². The van der Waals surface area contributed by atoms with E-state index in [4.69, 9.17) is 0 Å². The van der Waals surface area contributed by atoms with Crippen molar-refractivity contribution in [3.63, 3.8) is 0 Å². The average molecular weight is 283 g/mol. The molecule has 1 aromatic carbocycles. The van der Waals surface area contributed by atoms with Crippen LogP contribution >= 0.6 is 0 Å². The Kier molecular flexibility index (Phi) is 5.32. The van der Waals surface area contributed by atoms with Gasteiger partial charge in [0.2, 0.25) is 5.91 Å². The number of nitrogens with zero attached hydrogens (tertiary/aromatic N) is 2. The Hall–Kier alpha value is -2.36. The lowest BCUT2D eigenvalue weighted by Gasteiger charge is -2.13. The number of amides is 1. The van der Waals surface area contributed by atoms with Gasteiger partial charge < -0.3 is 9.88 Å². The predicted octanol–water partition coefficient (Wildman–Crippen LogP) is 2.66. The highest BCUT2D eigenvalue weighted by atomic mass is 16.1. The molecule has 1 aromatic heterocycles. The van der Waals surface area contributed by atoms with E-state index < -0.39 is 0 Å². The minimum Gasteiger partial charge on any atom is -0.352 e. The Labute approximate surface area is 125 Å². The summed E-state index contributed by atoms with van der Waals surface area (Å²) in [6, 6.07) is 9.79. The number of carbonyl (C=O) groups excluding carboxylic acids is 1. The zero-order valence-corrected chi connectivity index (χ0v) is 12.5. The van der Waals surface area contributed by atoms with E-state index in [0.29, 0.717) is 12.5 Å². The summed E-state index contributed by atoms with van der Waals surface area (Å²) in [6.07, 6.45) is 7.15. The molecular weight excluding hydrogens is 262 g/mol. The van der Waals surface area contributed by atoms with Crippen LogP contribution in [0.2, 0.25) is 0 Å².